The van der Waals surface area contributed by atoms with Crippen molar-refractivity contribution in [1.29, 1.82) is 5.26 Å². The zero-order valence-corrected chi connectivity index (χ0v) is 27.4. The Morgan fingerprint density at radius 1 is 0.392 bits per heavy atom. The molecule has 5 heteroatoms. The summed E-state index contributed by atoms with van der Waals surface area (Å²) in [6, 6.07) is 59.3. The van der Waals surface area contributed by atoms with Crippen LogP contribution in [0.25, 0.3) is 89.5 Å². The first kappa shape index (κ1) is 29.9. The largest absolute Gasteiger partial charge is 0.456 e. The van der Waals surface area contributed by atoms with E-state index >= 15 is 0 Å². The second kappa shape index (κ2) is 12.7. The lowest BCUT2D eigenvalue weighted by molar-refractivity contribution is 0.669. The molecule has 7 aromatic carbocycles. The summed E-state index contributed by atoms with van der Waals surface area (Å²) in [6.45, 7) is 0. The molecular formula is C46H28N4O. The number of nitrogens with zero attached hydrogens (tertiary/aromatic N) is 4. The average molecular weight is 653 g/mol. The molecule has 0 atom stereocenters. The fourth-order valence-corrected chi connectivity index (χ4v) is 6.67. The molecule has 5 nitrogen and oxygen atoms in total. The average Bonchev–Trinajstić information content (AvgIpc) is 3.60. The molecule has 9 aromatic rings. The molecule has 0 aliphatic heterocycles. The van der Waals surface area contributed by atoms with E-state index in [-0.39, 0.29) is 0 Å². The van der Waals surface area contributed by atoms with Crippen molar-refractivity contribution in [2.45, 2.75) is 0 Å². The lowest BCUT2D eigenvalue weighted by Gasteiger charge is -2.12. The van der Waals surface area contributed by atoms with Crippen LogP contribution in [0.4, 0.5) is 0 Å². The number of rotatable bonds is 6. The molecule has 2 heterocycles. The summed E-state index contributed by atoms with van der Waals surface area (Å²) in [5, 5.41) is 11.4. The van der Waals surface area contributed by atoms with Crippen molar-refractivity contribution in [2.75, 3.05) is 0 Å². The Bertz CT molecular complexity index is 2730. The zero-order valence-electron chi connectivity index (χ0n) is 27.4. The summed E-state index contributed by atoms with van der Waals surface area (Å²) in [6.07, 6.45) is 0. The third-order valence-electron chi connectivity index (χ3n) is 9.22. The van der Waals surface area contributed by atoms with Crippen LogP contribution in [0.2, 0.25) is 0 Å². The summed E-state index contributed by atoms with van der Waals surface area (Å²) in [7, 11) is 0. The molecule has 51 heavy (non-hydrogen) atoms. The van der Waals surface area contributed by atoms with E-state index in [0.29, 0.717) is 23.0 Å². The van der Waals surface area contributed by atoms with Gasteiger partial charge in [0.05, 0.1) is 11.6 Å². The molecule has 0 N–H and O–H groups in total. The molecule has 0 amide bonds. The van der Waals surface area contributed by atoms with Gasteiger partial charge in [-0.25, -0.2) is 15.0 Å². The van der Waals surface area contributed by atoms with Gasteiger partial charge in [0.2, 0.25) is 0 Å². The second-order valence-electron chi connectivity index (χ2n) is 12.3. The number of benzene rings is 7. The van der Waals surface area contributed by atoms with Crippen LogP contribution in [0.15, 0.2) is 174 Å². The minimum absolute atomic E-state index is 0.549. The maximum absolute atomic E-state index is 9.34. The van der Waals surface area contributed by atoms with Crippen molar-refractivity contribution < 1.29 is 4.42 Å². The van der Waals surface area contributed by atoms with E-state index in [2.05, 4.69) is 78.9 Å². The quantitative estimate of drug-likeness (QED) is 0.179. The van der Waals surface area contributed by atoms with E-state index < -0.39 is 0 Å². The molecule has 0 saturated heterocycles. The molecule has 0 spiro atoms. The molecule has 0 bridgehead atoms. The fraction of sp³-hybridized carbons (Fsp3) is 0. The van der Waals surface area contributed by atoms with Gasteiger partial charge in [-0.2, -0.15) is 5.26 Å². The van der Waals surface area contributed by atoms with Crippen LogP contribution < -0.4 is 0 Å². The Morgan fingerprint density at radius 2 is 0.922 bits per heavy atom. The summed E-state index contributed by atoms with van der Waals surface area (Å²) in [5.74, 6) is 1.69. The first-order chi connectivity index (χ1) is 25.2. The smallest absolute Gasteiger partial charge is 0.164 e. The van der Waals surface area contributed by atoms with E-state index in [1.807, 2.05) is 97.1 Å². The highest BCUT2D eigenvalue weighted by Gasteiger charge is 2.18. The monoisotopic (exact) mass is 652 g/mol. The Morgan fingerprint density at radius 3 is 1.65 bits per heavy atom. The van der Waals surface area contributed by atoms with E-state index in [9.17, 15) is 5.26 Å². The van der Waals surface area contributed by atoms with Gasteiger partial charge < -0.3 is 4.42 Å². The van der Waals surface area contributed by atoms with Gasteiger partial charge >= 0.3 is 0 Å². The first-order valence-electron chi connectivity index (χ1n) is 16.7. The predicted octanol–water partition coefficient (Wildman–Crippen LogP) is 11.6. The molecule has 0 radical (unpaired) electrons. The number of fused-ring (bicyclic) bond motifs is 3. The third kappa shape index (κ3) is 5.61. The van der Waals surface area contributed by atoms with Gasteiger partial charge in [0, 0.05) is 27.5 Å². The van der Waals surface area contributed by atoms with Crippen LogP contribution in [-0.2, 0) is 0 Å². The fourth-order valence-electron chi connectivity index (χ4n) is 6.67. The number of aromatic nitrogens is 3. The third-order valence-corrected chi connectivity index (χ3v) is 9.22. The highest BCUT2D eigenvalue weighted by molar-refractivity contribution is 6.13. The van der Waals surface area contributed by atoms with Crippen molar-refractivity contribution in [3.63, 3.8) is 0 Å². The van der Waals surface area contributed by atoms with Gasteiger partial charge in [-0.3, -0.25) is 0 Å². The van der Waals surface area contributed by atoms with E-state index in [1.54, 1.807) is 0 Å². The van der Waals surface area contributed by atoms with Crippen molar-refractivity contribution in [1.82, 2.24) is 15.0 Å². The Labute approximate surface area is 294 Å². The summed E-state index contributed by atoms with van der Waals surface area (Å²) in [4.78, 5) is 15.0. The summed E-state index contributed by atoms with van der Waals surface area (Å²) in [5.41, 5.74) is 11.3. The van der Waals surface area contributed by atoms with Gasteiger partial charge in [-0.05, 0) is 63.7 Å². The summed E-state index contributed by atoms with van der Waals surface area (Å²) >= 11 is 0. The second-order valence-corrected chi connectivity index (χ2v) is 12.3. The Kier molecular flexibility index (Phi) is 7.46. The van der Waals surface area contributed by atoms with Crippen molar-refractivity contribution in [3.05, 3.63) is 175 Å². The molecule has 0 aliphatic carbocycles. The predicted molar refractivity (Wildman–Crippen MR) is 204 cm³/mol. The van der Waals surface area contributed by atoms with E-state index in [4.69, 9.17) is 19.4 Å². The van der Waals surface area contributed by atoms with Crippen molar-refractivity contribution in [2.24, 2.45) is 0 Å². The van der Waals surface area contributed by atoms with Gasteiger partial charge in [-0.1, -0.05) is 140 Å². The molecule has 0 saturated carbocycles. The van der Waals surface area contributed by atoms with Gasteiger partial charge in [0.15, 0.2) is 17.5 Å². The van der Waals surface area contributed by atoms with Crippen LogP contribution >= 0.6 is 0 Å². The highest BCUT2D eigenvalue weighted by Crippen LogP contribution is 2.39. The SMILES string of the molecule is N#Cc1ccc(-c2ccccc2-c2nc(-c3ccccc3)nc(-c3ccc4c(c3)oc3cccc(-c5ccc(-c6ccccc6)cc5)c34)n2)cc1. The van der Waals surface area contributed by atoms with Crippen molar-refractivity contribution >= 4 is 21.9 Å². The van der Waals surface area contributed by atoms with Crippen LogP contribution in [0.3, 0.4) is 0 Å². The Balaban J connectivity index is 1.16. The van der Waals surface area contributed by atoms with Crippen LogP contribution in [-0.4, -0.2) is 15.0 Å². The molecule has 238 valence electrons. The van der Waals surface area contributed by atoms with Crippen LogP contribution in [0.1, 0.15) is 5.56 Å². The van der Waals surface area contributed by atoms with Crippen LogP contribution in [0, 0.1) is 11.3 Å². The minimum Gasteiger partial charge on any atom is -0.456 e. The topological polar surface area (TPSA) is 75.6 Å². The Hall–Kier alpha value is -7.16. The minimum atomic E-state index is 0.549. The molecule has 9 rings (SSSR count). The van der Waals surface area contributed by atoms with Gasteiger partial charge in [0.1, 0.15) is 11.2 Å². The van der Waals surface area contributed by atoms with E-state index in [0.717, 1.165) is 60.9 Å². The van der Waals surface area contributed by atoms with E-state index in [1.165, 1.54) is 11.1 Å². The highest BCUT2D eigenvalue weighted by atomic mass is 16.3. The standard InChI is InChI=1S/C46H28N4O/c47-29-30-18-20-33(21-19-30)37-14-7-8-15-39(37)46-49-44(35-12-5-2-6-13-35)48-45(50-46)36-26-27-40-42(28-36)51-41-17-9-16-38(43(40)41)34-24-22-32(23-25-34)31-10-3-1-4-11-31/h1-28H. The number of hydrogen-bond donors (Lipinski definition) is 0. The number of hydrogen-bond acceptors (Lipinski definition) is 5. The number of furan rings is 1. The molecule has 2 aromatic heterocycles. The number of nitriles is 1. The maximum Gasteiger partial charge on any atom is 0.164 e. The van der Waals surface area contributed by atoms with Gasteiger partial charge in [0.25, 0.3) is 0 Å². The first-order valence-corrected chi connectivity index (χ1v) is 16.7. The zero-order chi connectivity index (χ0) is 34.1. The molecule has 0 unspecified atom stereocenters. The summed E-state index contributed by atoms with van der Waals surface area (Å²) < 4.78 is 6.50. The van der Waals surface area contributed by atoms with Crippen LogP contribution in [0.5, 0.6) is 0 Å². The molecular weight excluding hydrogens is 625 g/mol. The maximum atomic E-state index is 9.34. The lowest BCUT2D eigenvalue weighted by Crippen LogP contribution is -2.01. The molecule has 0 aliphatic rings. The molecule has 0 fully saturated rings. The van der Waals surface area contributed by atoms with Crippen molar-refractivity contribution in [3.8, 4) is 73.6 Å². The van der Waals surface area contributed by atoms with Gasteiger partial charge in [-0.15, -0.1) is 0 Å². The lowest BCUT2D eigenvalue weighted by atomic mass is 9.96. The normalized spacial score (nSPS) is 11.1.